The molecule has 2 amide bonds. The summed E-state index contributed by atoms with van der Waals surface area (Å²) in [5.74, 6) is -1.16. The highest BCUT2D eigenvalue weighted by Gasteiger charge is 2.30. The Kier molecular flexibility index (Phi) is 7.48. The Morgan fingerprint density at radius 2 is 1.90 bits per heavy atom. The molecule has 0 fully saturated rings. The topological polar surface area (TPSA) is 139 Å². The Morgan fingerprint density at radius 3 is 2.52 bits per heavy atom. The fraction of sp³-hybridized carbons (Fsp3) is 0.200. The van der Waals surface area contributed by atoms with Crippen LogP contribution in [-0.4, -0.2) is 44.0 Å². The molecule has 2 aromatic rings. The molecule has 0 aliphatic rings. The van der Waals surface area contributed by atoms with Gasteiger partial charge in [0.15, 0.2) is 0 Å². The zero-order valence-electron chi connectivity index (χ0n) is 16.9. The van der Waals surface area contributed by atoms with E-state index in [4.69, 9.17) is 0 Å². The second-order valence-electron chi connectivity index (χ2n) is 6.55. The Bertz CT molecular complexity index is 1120. The molecule has 31 heavy (non-hydrogen) atoms. The number of carbonyl (C=O) groups excluding carboxylic acids is 2. The number of rotatable bonds is 9. The maximum Gasteiger partial charge on any atom is 0.271 e. The number of amides is 2. The van der Waals surface area contributed by atoms with Gasteiger partial charge in [0.05, 0.1) is 28.1 Å². The average Bonchev–Trinajstić information content (AvgIpc) is 2.71. The van der Waals surface area contributed by atoms with Crippen LogP contribution < -0.4 is 14.9 Å². The van der Waals surface area contributed by atoms with Gasteiger partial charge in [0.2, 0.25) is 15.9 Å². The number of non-ortho nitro benzene ring substituents is 1. The van der Waals surface area contributed by atoms with Crippen LogP contribution in [0.5, 0.6) is 0 Å². The van der Waals surface area contributed by atoms with E-state index >= 15 is 0 Å². The number of carbonyl (C=O) groups is 2. The summed E-state index contributed by atoms with van der Waals surface area (Å²) in [7, 11) is -3.98. The Morgan fingerprint density at radius 1 is 1.23 bits per heavy atom. The number of nitro benzene ring substituents is 1. The second kappa shape index (κ2) is 9.85. The molecule has 0 radical (unpaired) electrons. The molecule has 0 bridgehead atoms. The van der Waals surface area contributed by atoms with Crippen molar-refractivity contribution < 1.29 is 22.9 Å². The highest BCUT2D eigenvalue weighted by Crippen LogP contribution is 2.26. The Hall–Kier alpha value is -3.73. The number of nitrogens with one attached hydrogen (secondary N) is 2. The van der Waals surface area contributed by atoms with Gasteiger partial charge in [0.25, 0.3) is 11.6 Å². The molecule has 0 saturated heterocycles. The number of sulfonamides is 1. The quantitative estimate of drug-likeness (QED) is 0.344. The molecule has 0 spiro atoms. The van der Waals surface area contributed by atoms with Crippen LogP contribution in [0.2, 0.25) is 0 Å². The predicted octanol–water partition coefficient (Wildman–Crippen LogP) is 2.30. The smallest absolute Gasteiger partial charge is 0.271 e. The number of anilines is 2. The van der Waals surface area contributed by atoms with Crippen molar-refractivity contribution in [3.63, 3.8) is 0 Å². The van der Waals surface area contributed by atoms with Crippen LogP contribution in [0, 0.1) is 10.1 Å². The molecule has 2 aromatic carbocycles. The summed E-state index contributed by atoms with van der Waals surface area (Å²) in [6.45, 7) is 5.09. The minimum Gasteiger partial charge on any atom is -0.349 e. The highest BCUT2D eigenvalue weighted by atomic mass is 32.2. The van der Waals surface area contributed by atoms with Crippen molar-refractivity contribution in [1.29, 1.82) is 0 Å². The summed E-state index contributed by atoms with van der Waals surface area (Å²) in [6.07, 6.45) is 2.40. The number of benzene rings is 2. The van der Waals surface area contributed by atoms with Gasteiger partial charge in [-0.3, -0.25) is 24.0 Å². The minimum absolute atomic E-state index is 0.0311. The van der Waals surface area contributed by atoms with Crippen LogP contribution in [-0.2, 0) is 14.8 Å². The fourth-order valence-electron chi connectivity index (χ4n) is 2.84. The van der Waals surface area contributed by atoms with Gasteiger partial charge in [-0.15, -0.1) is 6.58 Å². The molecule has 0 aliphatic carbocycles. The summed E-state index contributed by atoms with van der Waals surface area (Å²) in [5.41, 5.74) is 0.0268. The summed E-state index contributed by atoms with van der Waals surface area (Å²) in [5, 5.41) is 16.2. The molecule has 164 valence electrons. The summed E-state index contributed by atoms with van der Waals surface area (Å²) in [4.78, 5) is 35.6. The van der Waals surface area contributed by atoms with Crippen molar-refractivity contribution in [1.82, 2.24) is 5.32 Å². The maximum absolute atomic E-state index is 12.9. The third-order valence-electron chi connectivity index (χ3n) is 4.22. The van der Waals surface area contributed by atoms with Crippen molar-refractivity contribution in [3.05, 3.63) is 76.9 Å². The van der Waals surface area contributed by atoms with Crippen LogP contribution in [0.1, 0.15) is 17.3 Å². The van der Waals surface area contributed by atoms with E-state index < -0.39 is 32.8 Å². The van der Waals surface area contributed by atoms with Crippen molar-refractivity contribution in [2.75, 3.05) is 22.4 Å². The monoisotopic (exact) mass is 446 g/mol. The lowest BCUT2D eigenvalue weighted by Crippen LogP contribution is -2.45. The molecule has 2 rings (SSSR count). The minimum atomic E-state index is -3.98. The molecule has 0 heterocycles. The zero-order chi connectivity index (χ0) is 23.2. The van der Waals surface area contributed by atoms with E-state index in [-0.39, 0.29) is 29.2 Å². The summed E-state index contributed by atoms with van der Waals surface area (Å²) < 4.78 is 25.6. The van der Waals surface area contributed by atoms with Gasteiger partial charge < -0.3 is 10.6 Å². The molecule has 1 unspecified atom stereocenters. The van der Waals surface area contributed by atoms with Gasteiger partial charge in [-0.2, -0.15) is 0 Å². The first kappa shape index (κ1) is 23.5. The van der Waals surface area contributed by atoms with E-state index in [1.807, 2.05) is 0 Å². The Balaban J connectivity index is 2.36. The largest absolute Gasteiger partial charge is 0.349 e. The lowest BCUT2D eigenvalue weighted by atomic mass is 10.1. The molecule has 1 atom stereocenters. The highest BCUT2D eigenvalue weighted by molar-refractivity contribution is 7.92. The zero-order valence-corrected chi connectivity index (χ0v) is 17.8. The number of hydrogen-bond acceptors (Lipinski definition) is 6. The molecule has 0 aliphatic heterocycles. The van der Waals surface area contributed by atoms with Crippen molar-refractivity contribution >= 4 is 38.9 Å². The molecule has 0 aromatic heterocycles. The first-order valence-corrected chi connectivity index (χ1v) is 10.9. The third kappa shape index (κ3) is 5.89. The summed E-state index contributed by atoms with van der Waals surface area (Å²) >= 11 is 0. The van der Waals surface area contributed by atoms with Gasteiger partial charge >= 0.3 is 0 Å². The molecule has 10 nitrogen and oxygen atoms in total. The van der Waals surface area contributed by atoms with E-state index in [0.29, 0.717) is 0 Å². The maximum atomic E-state index is 12.9. The first-order valence-electron chi connectivity index (χ1n) is 9.09. The van der Waals surface area contributed by atoms with Gasteiger partial charge in [0, 0.05) is 18.7 Å². The molecule has 11 heteroatoms. The van der Waals surface area contributed by atoms with E-state index in [2.05, 4.69) is 17.2 Å². The first-order chi connectivity index (χ1) is 14.6. The van der Waals surface area contributed by atoms with Gasteiger partial charge in [-0.05, 0) is 25.1 Å². The van der Waals surface area contributed by atoms with Gasteiger partial charge in [-0.25, -0.2) is 8.42 Å². The van der Waals surface area contributed by atoms with Crippen LogP contribution in [0.15, 0.2) is 61.2 Å². The molecule has 0 saturated carbocycles. The number of nitrogens with zero attached hydrogens (tertiary/aromatic N) is 2. The van der Waals surface area contributed by atoms with E-state index in [9.17, 15) is 28.1 Å². The van der Waals surface area contributed by atoms with Crippen LogP contribution in [0.3, 0.4) is 0 Å². The third-order valence-corrected chi connectivity index (χ3v) is 5.46. The van der Waals surface area contributed by atoms with Crippen LogP contribution >= 0.6 is 0 Å². The van der Waals surface area contributed by atoms with E-state index in [0.717, 1.165) is 16.6 Å². The lowest BCUT2D eigenvalue weighted by Gasteiger charge is -2.28. The standard InChI is InChI=1S/C20H22N4O6S/c1-4-12-21-20(26)17-10-5-6-11-18(17)22-19(25)14(2)23(31(3,29)30)15-8-7-9-16(13-15)24(27)28/h4-11,13-14H,1,12H2,2-3H3,(H,21,26)(H,22,25). The van der Waals surface area contributed by atoms with Crippen LogP contribution in [0.4, 0.5) is 17.1 Å². The van der Waals surface area contributed by atoms with Crippen molar-refractivity contribution in [2.45, 2.75) is 13.0 Å². The molecule has 2 N–H and O–H groups in total. The average molecular weight is 446 g/mol. The Labute approximate surface area is 179 Å². The normalized spacial score (nSPS) is 11.8. The van der Waals surface area contributed by atoms with E-state index in [1.54, 1.807) is 12.1 Å². The van der Waals surface area contributed by atoms with Crippen molar-refractivity contribution in [2.24, 2.45) is 0 Å². The number of hydrogen-bond donors (Lipinski definition) is 2. The fourth-order valence-corrected chi connectivity index (χ4v) is 4.01. The SMILES string of the molecule is C=CCNC(=O)c1ccccc1NC(=O)C(C)N(c1cccc([N+](=O)[O-])c1)S(C)(=O)=O. The van der Waals surface area contributed by atoms with Crippen LogP contribution in [0.25, 0.3) is 0 Å². The number of para-hydroxylation sites is 1. The predicted molar refractivity (Wildman–Crippen MR) is 117 cm³/mol. The number of nitro groups is 1. The molecular weight excluding hydrogens is 424 g/mol. The van der Waals surface area contributed by atoms with Gasteiger partial charge in [-0.1, -0.05) is 24.3 Å². The van der Waals surface area contributed by atoms with E-state index in [1.165, 1.54) is 43.3 Å². The molecular formula is C20H22N4O6S. The van der Waals surface area contributed by atoms with Crippen molar-refractivity contribution in [3.8, 4) is 0 Å². The lowest BCUT2D eigenvalue weighted by molar-refractivity contribution is -0.384. The summed E-state index contributed by atoms with van der Waals surface area (Å²) in [6, 6.07) is 9.95. The second-order valence-corrected chi connectivity index (χ2v) is 8.40. The van der Waals surface area contributed by atoms with Gasteiger partial charge in [0.1, 0.15) is 6.04 Å².